The van der Waals surface area contributed by atoms with Crippen LogP contribution in [0.15, 0.2) is 35.6 Å². The molecule has 0 radical (unpaired) electrons. The Morgan fingerprint density at radius 1 is 1.12 bits per heavy atom. The van der Waals surface area contributed by atoms with Crippen LogP contribution in [0, 0.1) is 0 Å². The van der Waals surface area contributed by atoms with Gasteiger partial charge in [0, 0.05) is 38.6 Å². The van der Waals surface area contributed by atoms with Crippen molar-refractivity contribution >= 4 is 10.0 Å². The van der Waals surface area contributed by atoms with Gasteiger partial charge in [-0.1, -0.05) is 19.9 Å². The molecule has 2 aliphatic heterocycles. The zero-order valence-electron chi connectivity index (χ0n) is 17.7. The first-order valence-corrected chi connectivity index (χ1v) is 11.7. The number of aromatic nitrogens is 3. The third kappa shape index (κ3) is 4.71. The molecule has 174 valence electrons. The fourth-order valence-electron chi connectivity index (χ4n) is 3.98. The van der Waals surface area contributed by atoms with Gasteiger partial charge in [0.15, 0.2) is 5.03 Å². The largest absolute Gasteiger partial charge is 0.472 e. The summed E-state index contributed by atoms with van der Waals surface area (Å²) in [4.78, 5) is 14.1. The van der Waals surface area contributed by atoms with Crippen molar-refractivity contribution in [1.29, 1.82) is 0 Å². The maximum Gasteiger partial charge on any atom is 0.433 e. The Balaban J connectivity index is 1.42. The van der Waals surface area contributed by atoms with E-state index in [-0.39, 0.29) is 31.2 Å². The average Bonchev–Trinajstić information content (AvgIpc) is 3.15. The van der Waals surface area contributed by atoms with Crippen LogP contribution in [0.3, 0.4) is 0 Å². The summed E-state index contributed by atoms with van der Waals surface area (Å²) >= 11 is 0. The molecule has 2 atom stereocenters. The summed E-state index contributed by atoms with van der Waals surface area (Å²) in [5.41, 5.74) is -0.360. The SMILES string of the molecule is CC(C)c1cnc(O[C@H]2C[C@H]3CN(S(=O)(=O)c4cccc(C(F)(F)F)n4)CCN3C2)cn1. The summed E-state index contributed by atoms with van der Waals surface area (Å²) in [6, 6.07) is 2.81. The van der Waals surface area contributed by atoms with Crippen molar-refractivity contribution < 1.29 is 26.3 Å². The number of nitrogens with zero attached hydrogens (tertiary/aromatic N) is 5. The van der Waals surface area contributed by atoms with E-state index in [1.807, 2.05) is 13.8 Å². The number of sulfonamides is 1. The normalized spacial score (nSPS) is 22.8. The van der Waals surface area contributed by atoms with E-state index in [4.69, 9.17) is 4.74 Å². The van der Waals surface area contributed by atoms with E-state index in [1.165, 1.54) is 4.31 Å². The molecule has 12 heteroatoms. The molecule has 0 aliphatic carbocycles. The predicted octanol–water partition coefficient (Wildman–Crippen LogP) is 2.54. The zero-order chi connectivity index (χ0) is 23.1. The van der Waals surface area contributed by atoms with E-state index < -0.39 is 26.9 Å². The zero-order valence-corrected chi connectivity index (χ0v) is 18.5. The third-order valence-electron chi connectivity index (χ3n) is 5.69. The number of alkyl halides is 3. The summed E-state index contributed by atoms with van der Waals surface area (Å²) in [6.45, 7) is 5.46. The number of hydrogen-bond donors (Lipinski definition) is 0. The Bertz CT molecular complexity index is 1060. The molecular formula is C20H24F3N5O3S. The van der Waals surface area contributed by atoms with Gasteiger partial charge in [-0.05, 0) is 18.1 Å². The lowest BCUT2D eigenvalue weighted by Crippen LogP contribution is -2.52. The highest BCUT2D eigenvalue weighted by Crippen LogP contribution is 2.30. The van der Waals surface area contributed by atoms with Gasteiger partial charge in [0.2, 0.25) is 5.88 Å². The van der Waals surface area contributed by atoms with Crippen LogP contribution in [0.4, 0.5) is 13.2 Å². The highest BCUT2D eigenvalue weighted by molar-refractivity contribution is 7.89. The minimum Gasteiger partial charge on any atom is -0.472 e. The number of ether oxygens (including phenoxy) is 1. The minimum atomic E-state index is -4.71. The van der Waals surface area contributed by atoms with Gasteiger partial charge >= 0.3 is 6.18 Å². The second-order valence-corrected chi connectivity index (χ2v) is 10.2. The number of pyridine rings is 1. The summed E-state index contributed by atoms with van der Waals surface area (Å²) in [7, 11) is -4.14. The molecule has 0 aromatic carbocycles. The first-order chi connectivity index (χ1) is 15.0. The second kappa shape index (κ2) is 8.56. The molecule has 2 saturated heterocycles. The molecule has 0 amide bonds. The van der Waals surface area contributed by atoms with Crippen molar-refractivity contribution in [3.05, 3.63) is 42.0 Å². The topological polar surface area (TPSA) is 88.5 Å². The maximum atomic E-state index is 13.0. The summed E-state index contributed by atoms with van der Waals surface area (Å²) < 4.78 is 71.9. The number of rotatable bonds is 5. The number of fused-ring (bicyclic) bond motifs is 1. The van der Waals surface area contributed by atoms with Gasteiger partial charge in [0.1, 0.15) is 11.8 Å². The highest BCUT2D eigenvalue weighted by atomic mass is 32.2. The van der Waals surface area contributed by atoms with Gasteiger partial charge < -0.3 is 4.74 Å². The molecule has 4 heterocycles. The van der Waals surface area contributed by atoms with Crippen LogP contribution in [0.2, 0.25) is 0 Å². The summed E-state index contributed by atoms with van der Waals surface area (Å²) in [5, 5.41) is -0.591. The predicted molar refractivity (Wildman–Crippen MR) is 109 cm³/mol. The quantitative estimate of drug-likeness (QED) is 0.662. The van der Waals surface area contributed by atoms with Crippen LogP contribution < -0.4 is 4.74 Å². The van der Waals surface area contributed by atoms with Crippen molar-refractivity contribution in [2.24, 2.45) is 0 Å². The van der Waals surface area contributed by atoms with E-state index >= 15 is 0 Å². The molecule has 0 bridgehead atoms. The van der Waals surface area contributed by atoms with Crippen molar-refractivity contribution in [3.63, 3.8) is 0 Å². The molecule has 8 nitrogen and oxygen atoms in total. The smallest absolute Gasteiger partial charge is 0.433 e. The summed E-state index contributed by atoms with van der Waals surface area (Å²) in [6.07, 6.45) is -1.04. The van der Waals surface area contributed by atoms with Crippen LogP contribution >= 0.6 is 0 Å². The first kappa shape index (κ1) is 22.9. The van der Waals surface area contributed by atoms with Crippen LogP contribution in [0.5, 0.6) is 5.88 Å². The molecule has 0 saturated carbocycles. The van der Waals surface area contributed by atoms with Crippen LogP contribution in [0.25, 0.3) is 0 Å². The fraction of sp³-hybridized carbons (Fsp3) is 0.550. The lowest BCUT2D eigenvalue weighted by molar-refractivity contribution is -0.141. The van der Waals surface area contributed by atoms with E-state index in [1.54, 1.807) is 12.4 Å². The Labute approximate surface area is 184 Å². The van der Waals surface area contributed by atoms with E-state index in [0.717, 1.165) is 23.9 Å². The fourth-order valence-corrected chi connectivity index (χ4v) is 5.40. The van der Waals surface area contributed by atoms with Gasteiger partial charge in [-0.2, -0.15) is 17.5 Å². The van der Waals surface area contributed by atoms with Crippen LogP contribution in [-0.4, -0.2) is 70.9 Å². The molecule has 0 spiro atoms. The Morgan fingerprint density at radius 3 is 2.56 bits per heavy atom. The maximum absolute atomic E-state index is 13.0. The molecule has 32 heavy (non-hydrogen) atoms. The molecular weight excluding hydrogens is 447 g/mol. The highest BCUT2D eigenvalue weighted by Gasteiger charge is 2.42. The molecule has 2 fully saturated rings. The molecule has 2 aromatic rings. The van der Waals surface area contributed by atoms with Crippen molar-refractivity contribution in [2.45, 2.75) is 49.5 Å². The van der Waals surface area contributed by atoms with Gasteiger partial charge in [-0.3, -0.25) is 9.88 Å². The lowest BCUT2D eigenvalue weighted by atomic mass is 10.1. The van der Waals surface area contributed by atoms with Crippen LogP contribution in [0.1, 0.15) is 37.6 Å². The lowest BCUT2D eigenvalue weighted by Gasteiger charge is -2.36. The van der Waals surface area contributed by atoms with Crippen LogP contribution in [-0.2, 0) is 16.2 Å². The second-order valence-electron chi connectivity index (χ2n) is 8.28. The monoisotopic (exact) mass is 471 g/mol. The van der Waals surface area contributed by atoms with Crippen molar-refractivity contribution in [3.8, 4) is 5.88 Å². The summed E-state index contributed by atoms with van der Waals surface area (Å²) in [5.74, 6) is 0.674. The van der Waals surface area contributed by atoms with E-state index in [0.29, 0.717) is 25.4 Å². The standard InChI is InChI=1S/C20H24F3N5O3S/c1-13(2)16-9-25-18(10-24-16)31-15-8-14-11-28(7-6-27(14)12-15)32(29,30)19-5-3-4-17(26-19)20(21,22)23/h3-5,9-10,13-15H,6-8,11-12H2,1-2H3/t14-,15-/m0/s1. The average molecular weight is 472 g/mol. The molecule has 4 rings (SSSR count). The van der Waals surface area contributed by atoms with E-state index in [2.05, 4.69) is 19.9 Å². The van der Waals surface area contributed by atoms with Gasteiger partial charge in [0.25, 0.3) is 10.0 Å². The first-order valence-electron chi connectivity index (χ1n) is 10.3. The van der Waals surface area contributed by atoms with Crippen molar-refractivity contribution in [1.82, 2.24) is 24.2 Å². The van der Waals surface area contributed by atoms with Gasteiger partial charge in [-0.25, -0.2) is 18.4 Å². The van der Waals surface area contributed by atoms with Gasteiger partial charge in [-0.15, -0.1) is 0 Å². The Morgan fingerprint density at radius 2 is 1.91 bits per heavy atom. The molecule has 2 aromatic heterocycles. The molecule has 0 N–H and O–H groups in total. The Hall–Kier alpha value is -2.31. The van der Waals surface area contributed by atoms with Gasteiger partial charge in [0.05, 0.1) is 18.1 Å². The Kier molecular flexibility index (Phi) is 6.12. The third-order valence-corrected chi connectivity index (χ3v) is 7.45. The minimum absolute atomic E-state index is 0.0998. The number of halogens is 3. The van der Waals surface area contributed by atoms with E-state index in [9.17, 15) is 21.6 Å². The number of hydrogen-bond acceptors (Lipinski definition) is 7. The van der Waals surface area contributed by atoms with Crippen molar-refractivity contribution in [2.75, 3.05) is 26.2 Å². The molecule has 2 aliphatic rings. The molecule has 0 unspecified atom stereocenters. The number of piperazine rings is 1.